The summed E-state index contributed by atoms with van der Waals surface area (Å²) in [5.41, 5.74) is 16.7. The number of anilines is 2. The van der Waals surface area contributed by atoms with E-state index in [0.717, 1.165) is 28.2 Å². The number of amides is 3. The highest BCUT2D eigenvalue weighted by Crippen LogP contribution is 2.27. The summed E-state index contributed by atoms with van der Waals surface area (Å²) in [7, 11) is 0. The van der Waals surface area contributed by atoms with Crippen molar-refractivity contribution in [2.75, 3.05) is 29.4 Å². The molecule has 0 aliphatic heterocycles. The Labute approximate surface area is 348 Å². The van der Waals surface area contributed by atoms with Crippen LogP contribution in [0.1, 0.15) is 89.7 Å². The second-order valence-corrected chi connectivity index (χ2v) is 13.3. The number of aromatic nitrogens is 2. The van der Waals surface area contributed by atoms with Crippen LogP contribution in [0.3, 0.4) is 0 Å². The van der Waals surface area contributed by atoms with Crippen molar-refractivity contribution in [3.8, 4) is 0 Å². The summed E-state index contributed by atoms with van der Waals surface area (Å²) >= 11 is 1.54. The third kappa shape index (κ3) is 18.3. The highest BCUT2D eigenvalue weighted by Gasteiger charge is 2.19. The second kappa shape index (κ2) is 29.2. The molecular formula is C45H60N8O4S. The summed E-state index contributed by atoms with van der Waals surface area (Å²) < 4.78 is 2.08. The van der Waals surface area contributed by atoms with Crippen LogP contribution in [0.25, 0.3) is 0 Å². The number of hydrogen-bond donors (Lipinski definition) is 5. The van der Waals surface area contributed by atoms with Crippen LogP contribution < -0.4 is 31.7 Å². The Bertz CT molecular complexity index is 1870. The number of carbonyl (C=O) groups is 4. The van der Waals surface area contributed by atoms with Gasteiger partial charge in [0.15, 0.2) is 0 Å². The summed E-state index contributed by atoms with van der Waals surface area (Å²) in [5.74, 6) is -0.214. The first-order valence-corrected chi connectivity index (χ1v) is 20.1. The highest BCUT2D eigenvalue weighted by molar-refractivity contribution is 7.99. The van der Waals surface area contributed by atoms with Gasteiger partial charge in [0, 0.05) is 72.2 Å². The molecule has 5 aromatic rings. The van der Waals surface area contributed by atoms with E-state index in [0.29, 0.717) is 30.8 Å². The van der Waals surface area contributed by atoms with Crippen molar-refractivity contribution in [1.29, 1.82) is 0 Å². The molecule has 0 radical (unpaired) electrons. The lowest BCUT2D eigenvalue weighted by atomic mass is 9.94. The third-order valence-electron chi connectivity index (χ3n) is 8.55. The predicted molar refractivity (Wildman–Crippen MR) is 239 cm³/mol. The highest BCUT2D eigenvalue weighted by atomic mass is 32.2. The van der Waals surface area contributed by atoms with Gasteiger partial charge in [-0.25, -0.2) is 0 Å². The lowest BCUT2D eigenvalue weighted by Crippen LogP contribution is -2.38. The number of nitrogens with zero attached hydrogens (tertiary/aromatic N) is 3. The zero-order valence-corrected chi connectivity index (χ0v) is 35.5. The number of rotatable bonds is 14. The van der Waals surface area contributed by atoms with Crippen molar-refractivity contribution in [3.63, 3.8) is 0 Å². The average molecular weight is 809 g/mol. The largest absolute Gasteiger partial charge is 0.399 e. The number of nitrogens with one attached hydrogen (secondary N) is 3. The quantitative estimate of drug-likeness (QED) is 0.0331. The van der Waals surface area contributed by atoms with E-state index in [1.807, 2.05) is 126 Å². The molecule has 0 fully saturated rings. The molecule has 13 heteroatoms. The fourth-order valence-electron chi connectivity index (χ4n) is 5.31. The van der Waals surface area contributed by atoms with Crippen LogP contribution in [-0.4, -0.2) is 60.4 Å². The van der Waals surface area contributed by atoms with Crippen LogP contribution in [-0.2, 0) is 16.1 Å². The number of pyridine rings is 2. The summed E-state index contributed by atoms with van der Waals surface area (Å²) in [4.78, 5) is 51.6. The standard InChI is InChI=1S/C35H42N6O2S.C6H7N.C2H6.CH3NO.CH2O/c1-24(28-12-14-32(36)15-13-28)25(2)38-17-18-39-34(42)30-19-31(35(43)40-26(3)29-11-8-16-37-22-29)21-33(20-30)41(44-4)23-27-9-6-5-7-10-27;1-6-4-2-3-5-7-6;1-2;2-1-3;1-2/h5-16,19-22,24-26,38H,17-18,23,36H2,1-4H3,(H,39,42)(H,40,43);2-5H,1H3;1-2H3;1H,(H2,2,3);1H2/t24-,25-,26?;;;;/m0..../s1. The first kappa shape index (κ1) is 50.0. The number of carbonyl (C=O) groups excluding carboxylic acids is 4. The van der Waals surface area contributed by atoms with Gasteiger partial charge in [-0.1, -0.05) is 87.3 Å². The summed E-state index contributed by atoms with van der Waals surface area (Å²) in [6, 6.07) is 32.9. The van der Waals surface area contributed by atoms with E-state index in [4.69, 9.17) is 15.3 Å². The third-order valence-corrected chi connectivity index (χ3v) is 9.33. The topological polar surface area (TPSA) is 185 Å². The van der Waals surface area contributed by atoms with E-state index in [1.165, 1.54) is 5.56 Å². The number of hydrogen-bond acceptors (Lipinski definition) is 10. The lowest BCUT2D eigenvalue weighted by molar-refractivity contribution is -0.107. The van der Waals surface area contributed by atoms with Gasteiger partial charge in [-0.3, -0.25) is 24.4 Å². The van der Waals surface area contributed by atoms with E-state index >= 15 is 0 Å². The Hall–Kier alpha value is -6.05. The minimum atomic E-state index is -0.259. The molecule has 0 saturated carbocycles. The lowest BCUT2D eigenvalue weighted by Gasteiger charge is -2.24. The monoisotopic (exact) mass is 808 g/mol. The average Bonchev–Trinajstić information content (AvgIpc) is 3.26. The molecule has 2 heterocycles. The Kier molecular flexibility index (Phi) is 25.2. The Morgan fingerprint density at radius 2 is 1.45 bits per heavy atom. The van der Waals surface area contributed by atoms with E-state index in [1.54, 1.807) is 36.6 Å². The molecule has 3 aromatic carbocycles. The molecule has 7 N–H and O–H groups in total. The summed E-state index contributed by atoms with van der Waals surface area (Å²) in [5, 5.41) is 9.58. The van der Waals surface area contributed by atoms with Crippen LogP contribution in [0.15, 0.2) is 122 Å². The molecule has 0 aliphatic rings. The maximum atomic E-state index is 13.5. The maximum absolute atomic E-state index is 13.5. The molecule has 5 rings (SSSR count). The van der Waals surface area contributed by atoms with Crippen LogP contribution in [0.4, 0.5) is 11.4 Å². The fraction of sp³-hybridized carbons (Fsp3) is 0.289. The molecule has 0 bridgehead atoms. The van der Waals surface area contributed by atoms with Crippen LogP contribution >= 0.6 is 11.9 Å². The van der Waals surface area contributed by atoms with E-state index in [-0.39, 0.29) is 36.2 Å². The van der Waals surface area contributed by atoms with Gasteiger partial charge in [-0.15, -0.1) is 0 Å². The minimum absolute atomic E-state index is 0.198. The van der Waals surface area contributed by atoms with Crippen LogP contribution in [0.2, 0.25) is 0 Å². The molecule has 0 aliphatic carbocycles. The SMILES string of the molecule is C=O.CC.CSN(Cc1ccccc1)c1cc(C(=O)NCCN[C@@H](C)[C@H](C)c2ccc(N)cc2)cc(C(=O)NC(C)c2cccnc2)c1.Cc1ccccn1.NC=O. The van der Waals surface area contributed by atoms with Crippen molar-refractivity contribution < 1.29 is 19.2 Å². The van der Waals surface area contributed by atoms with Crippen molar-refractivity contribution in [3.05, 3.63) is 155 Å². The summed E-state index contributed by atoms with van der Waals surface area (Å²) in [6.07, 6.45) is 7.46. The number of nitrogen functional groups attached to an aromatic ring is 1. The normalized spacial score (nSPS) is 11.3. The Balaban J connectivity index is 0.00000103. The number of benzene rings is 3. The van der Waals surface area contributed by atoms with E-state index < -0.39 is 0 Å². The van der Waals surface area contributed by atoms with Crippen molar-refractivity contribution in [2.45, 2.75) is 66.1 Å². The van der Waals surface area contributed by atoms with Gasteiger partial charge < -0.3 is 36.5 Å². The first-order valence-electron chi connectivity index (χ1n) is 19.0. The van der Waals surface area contributed by atoms with Gasteiger partial charge in [0.2, 0.25) is 6.41 Å². The molecular weight excluding hydrogens is 749 g/mol. The number of primary amides is 1. The molecule has 310 valence electrons. The van der Waals surface area contributed by atoms with E-state index in [9.17, 15) is 9.59 Å². The molecule has 1 unspecified atom stereocenters. The van der Waals surface area contributed by atoms with Gasteiger partial charge in [-0.05, 0) is 91.9 Å². The Morgan fingerprint density at radius 1 is 0.828 bits per heavy atom. The maximum Gasteiger partial charge on any atom is 0.251 e. The molecule has 3 atom stereocenters. The fourth-order valence-corrected chi connectivity index (χ4v) is 5.91. The molecule has 3 amide bonds. The Morgan fingerprint density at radius 3 is 1.98 bits per heavy atom. The molecule has 0 saturated heterocycles. The van der Waals surface area contributed by atoms with Crippen molar-refractivity contribution in [1.82, 2.24) is 25.9 Å². The van der Waals surface area contributed by atoms with Crippen molar-refractivity contribution in [2.24, 2.45) is 5.73 Å². The minimum Gasteiger partial charge on any atom is -0.399 e. The zero-order valence-electron chi connectivity index (χ0n) is 34.7. The first-order chi connectivity index (χ1) is 28.1. The van der Waals surface area contributed by atoms with Gasteiger partial charge in [-0.2, -0.15) is 0 Å². The van der Waals surface area contributed by atoms with Gasteiger partial charge in [0.05, 0.1) is 12.6 Å². The predicted octanol–water partition coefficient (Wildman–Crippen LogP) is 7.28. The number of aryl methyl sites for hydroxylation is 1. The zero-order chi connectivity index (χ0) is 43.3. The summed E-state index contributed by atoms with van der Waals surface area (Å²) in [6.45, 7) is 15.9. The van der Waals surface area contributed by atoms with Crippen LogP contribution in [0, 0.1) is 6.92 Å². The van der Waals surface area contributed by atoms with E-state index in [2.05, 4.69) is 61.9 Å². The van der Waals surface area contributed by atoms with Gasteiger partial charge in [0.1, 0.15) is 6.79 Å². The van der Waals surface area contributed by atoms with Gasteiger partial charge in [0.25, 0.3) is 11.8 Å². The molecule has 58 heavy (non-hydrogen) atoms. The smallest absolute Gasteiger partial charge is 0.251 e. The number of nitrogens with two attached hydrogens (primary N) is 2. The van der Waals surface area contributed by atoms with Crippen molar-refractivity contribution >= 4 is 48.3 Å². The molecule has 0 spiro atoms. The second-order valence-electron chi connectivity index (χ2n) is 12.5. The molecule has 12 nitrogen and oxygen atoms in total. The van der Waals surface area contributed by atoms with Crippen LogP contribution in [0.5, 0.6) is 0 Å². The van der Waals surface area contributed by atoms with Gasteiger partial charge >= 0.3 is 0 Å². The molecule has 2 aromatic heterocycles.